The van der Waals surface area contributed by atoms with E-state index < -0.39 is 6.04 Å². The molecule has 0 fully saturated rings. The Hall–Kier alpha value is -2.96. The summed E-state index contributed by atoms with van der Waals surface area (Å²) in [4.78, 5) is 29.7. The molecule has 1 amide bonds. The van der Waals surface area contributed by atoms with Crippen molar-refractivity contribution < 1.29 is 4.79 Å². The van der Waals surface area contributed by atoms with Gasteiger partial charge in [-0.15, -0.1) is 0 Å². The summed E-state index contributed by atoms with van der Waals surface area (Å²) < 4.78 is 1.41. The molecule has 0 saturated carbocycles. The van der Waals surface area contributed by atoms with Gasteiger partial charge in [0.15, 0.2) is 0 Å². The Labute approximate surface area is 138 Å². The molecule has 0 bridgehead atoms. The van der Waals surface area contributed by atoms with Gasteiger partial charge in [0.1, 0.15) is 6.04 Å². The van der Waals surface area contributed by atoms with Crippen molar-refractivity contribution in [1.29, 1.82) is 0 Å². The van der Waals surface area contributed by atoms with Crippen LogP contribution >= 0.6 is 0 Å². The molecule has 0 aliphatic carbocycles. The van der Waals surface area contributed by atoms with Crippen molar-refractivity contribution in [3.05, 3.63) is 58.9 Å². The largest absolute Gasteiger partial charge is 0.349 e. The minimum Gasteiger partial charge on any atom is -0.349 e. The molecule has 0 aliphatic rings. The maximum absolute atomic E-state index is 12.7. The molecule has 0 saturated heterocycles. The molecule has 124 valence electrons. The lowest BCUT2D eigenvalue weighted by Gasteiger charge is -2.22. The monoisotopic (exact) mass is 325 g/mol. The third-order valence-electron chi connectivity index (χ3n) is 3.90. The zero-order valence-electron chi connectivity index (χ0n) is 13.6. The lowest BCUT2D eigenvalue weighted by Crippen LogP contribution is -2.39. The molecule has 24 heavy (non-hydrogen) atoms. The Kier molecular flexibility index (Phi) is 4.41. The van der Waals surface area contributed by atoms with Gasteiger partial charge >= 0.3 is 0 Å². The Morgan fingerprint density at radius 1 is 1.29 bits per heavy atom. The Morgan fingerprint density at radius 3 is 2.79 bits per heavy atom. The van der Waals surface area contributed by atoms with Crippen molar-refractivity contribution in [1.82, 2.24) is 25.1 Å². The Balaban J connectivity index is 1.92. The highest BCUT2D eigenvalue weighted by molar-refractivity contribution is 5.82. The van der Waals surface area contributed by atoms with E-state index >= 15 is 0 Å². The van der Waals surface area contributed by atoms with Gasteiger partial charge in [0, 0.05) is 6.20 Å². The van der Waals surface area contributed by atoms with Gasteiger partial charge in [-0.1, -0.05) is 26.0 Å². The van der Waals surface area contributed by atoms with E-state index in [2.05, 4.69) is 20.5 Å². The number of hydrogen-bond donors (Lipinski definition) is 2. The number of H-pyrrole nitrogens is 1. The van der Waals surface area contributed by atoms with Gasteiger partial charge in [-0.05, 0) is 24.1 Å². The summed E-state index contributed by atoms with van der Waals surface area (Å²) in [5.41, 5.74) is 1.21. The molecule has 2 aromatic heterocycles. The minimum absolute atomic E-state index is 0.0626. The summed E-state index contributed by atoms with van der Waals surface area (Å²) in [5, 5.41) is 9.98. The van der Waals surface area contributed by atoms with E-state index in [9.17, 15) is 9.59 Å². The lowest BCUT2D eigenvalue weighted by molar-refractivity contribution is -0.125. The molecule has 1 atom stereocenters. The first-order valence-corrected chi connectivity index (χ1v) is 7.80. The van der Waals surface area contributed by atoms with Crippen molar-refractivity contribution in [3.8, 4) is 0 Å². The summed E-state index contributed by atoms with van der Waals surface area (Å²) in [6, 6.07) is 8.28. The number of aromatic nitrogens is 4. The molecular weight excluding hydrogens is 306 g/mol. The molecule has 7 nitrogen and oxygen atoms in total. The van der Waals surface area contributed by atoms with Crippen molar-refractivity contribution >= 4 is 16.8 Å². The van der Waals surface area contributed by atoms with E-state index in [0.717, 1.165) is 5.69 Å². The molecule has 0 aliphatic heterocycles. The van der Waals surface area contributed by atoms with Crippen LogP contribution in [0.5, 0.6) is 0 Å². The zero-order valence-corrected chi connectivity index (χ0v) is 13.6. The summed E-state index contributed by atoms with van der Waals surface area (Å²) in [6.07, 6.45) is 3.07. The van der Waals surface area contributed by atoms with Crippen LogP contribution in [0.3, 0.4) is 0 Å². The summed E-state index contributed by atoms with van der Waals surface area (Å²) in [5.74, 6) is -0.286. The van der Waals surface area contributed by atoms with Gasteiger partial charge < -0.3 is 5.32 Å². The molecule has 2 heterocycles. The fraction of sp³-hybridized carbons (Fsp3) is 0.294. The lowest BCUT2D eigenvalue weighted by atomic mass is 10.0. The molecule has 3 rings (SSSR count). The van der Waals surface area contributed by atoms with Crippen molar-refractivity contribution in [3.63, 3.8) is 0 Å². The smallest absolute Gasteiger partial charge is 0.261 e. The van der Waals surface area contributed by atoms with E-state index in [-0.39, 0.29) is 17.4 Å². The molecule has 0 spiro atoms. The van der Waals surface area contributed by atoms with Crippen molar-refractivity contribution in [2.24, 2.45) is 5.92 Å². The number of nitrogens with zero attached hydrogens (tertiary/aromatic N) is 3. The number of aromatic amines is 1. The number of hydrogen-bond acceptors (Lipinski definition) is 4. The number of para-hydroxylation sites is 1. The molecule has 2 N–H and O–H groups in total. The second-order valence-corrected chi connectivity index (χ2v) is 5.96. The normalized spacial score (nSPS) is 12.5. The zero-order chi connectivity index (χ0) is 17.1. The van der Waals surface area contributed by atoms with E-state index in [1.54, 1.807) is 30.5 Å². The average Bonchev–Trinajstić information content (AvgIpc) is 3.09. The van der Waals surface area contributed by atoms with Gasteiger partial charge in [-0.25, -0.2) is 4.98 Å². The predicted octanol–water partition coefficient (Wildman–Crippen LogP) is 1.63. The number of rotatable bonds is 5. The highest BCUT2D eigenvalue weighted by Gasteiger charge is 2.25. The fourth-order valence-corrected chi connectivity index (χ4v) is 2.70. The third-order valence-corrected chi connectivity index (χ3v) is 3.90. The third kappa shape index (κ3) is 3.05. The van der Waals surface area contributed by atoms with Crippen LogP contribution in [0.25, 0.3) is 10.9 Å². The van der Waals surface area contributed by atoms with Gasteiger partial charge in [-0.2, -0.15) is 5.10 Å². The van der Waals surface area contributed by atoms with Gasteiger partial charge in [0.25, 0.3) is 5.56 Å². The van der Waals surface area contributed by atoms with Crippen LogP contribution in [0.1, 0.15) is 25.6 Å². The van der Waals surface area contributed by atoms with E-state index in [1.807, 2.05) is 19.9 Å². The number of benzene rings is 1. The highest BCUT2D eigenvalue weighted by Crippen LogP contribution is 2.17. The molecule has 0 radical (unpaired) electrons. The Bertz CT molecular complexity index is 899. The standard InChI is InChI=1S/C17H19N5O2/c1-11(2)15(16(23)18-9-12-7-8-20-21-12)22-10-19-14-6-4-3-5-13(14)17(22)24/h3-8,10-11,15H,9H2,1-2H3,(H,18,23)(H,20,21)/t15-/m1/s1. The number of nitrogens with one attached hydrogen (secondary N) is 2. The fourth-order valence-electron chi connectivity index (χ4n) is 2.70. The van der Waals surface area contributed by atoms with Crippen LogP contribution in [0, 0.1) is 5.92 Å². The highest BCUT2D eigenvalue weighted by atomic mass is 16.2. The van der Waals surface area contributed by atoms with Gasteiger partial charge in [0.05, 0.1) is 29.5 Å². The van der Waals surface area contributed by atoms with Crippen LogP contribution in [-0.2, 0) is 11.3 Å². The quantitative estimate of drug-likeness (QED) is 0.746. The predicted molar refractivity (Wildman–Crippen MR) is 90.3 cm³/mol. The SMILES string of the molecule is CC(C)[C@H](C(=O)NCc1ccn[nH]1)n1cnc2ccccc2c1=O. The second-order valence-electron chi connectivity index (χ2n) is 5.96. The number of carbonyl (C=O) groups is 1. The van der Waals surface area contributed by atoms with Gasteiger partial charge in [-0.3, -0.25) is 19.3 Å². The van der Waals surface area contributed by atoms with E-state index in [4.69, 9.17) is 0 Å². The second kappa shape index (κ2) is 6.66. The van der Waals surface area contributed by atoms with Crippen LogP contribution in [0.2, 0.25) is 0 Å². The first kappa shape index (κ1) is 15.9. The average molecular weight is 325 g/mol. The maximum atomic E-state index is 12.7. The van der Waals surface area contributed by atoms with Crippen LogP contribution in [0.4, 0.5) is 0 Å². The maximum Gasteiger partial charge on any atom is 0.261 e. The van der Waals surface area contributed by atoms with E-state index in [1.165, 1.54) is 10.9 Å². The molecular formula is C17H19N5O2. The van der Waals surface area contributed by atoms with E-state index in [0.29, 0.717) is 17.4 Å². The summed E-state index contributed by atoms with van der Waals surface area (Å²) in [7, 11) is 0. The number of amides is 1. The molecule has 0 unspecified atom stereocenters. The minimum atomic E-state index is -0.627. The first-order valence-electron chi connectivity index (χ1n) is 7.80. The Morgan fingerprint density at radius 2 is 2.08 bits per heavy atom. The molecule has 3 aromatic rings. The van der Waals surface area contributed by atoms with Gasteiger partial charge in [0.2, 0.25) is 5.91 Å². The summed E-state index contributed by atoms with van der Waals surface area (Å²) >= 11 is 0. The number of carbonyl (C=O) groups excluding carboxylic acids is 1. The van der Waals surface area contributed by atoms with Crippen molar-refractivity contribution in [2.75, 3.05) is 0 Å². The topological polar surface area (TPSA) is 92.7 Å². The molecule has 7 heteroatoms. The van der Waals surface area contributed by atoms with Crippen molar-refractivity contribution in [2.45, 2.75) is 26.4 Å². The van der Waals surface area contributed by atoms with Crippen LogP contribution < -0.4 is 10.9 Å². The van der Waals surface area contributed by atoms with Crippen LogP contribution in [0.15, 0.2) is 47.7 Å². The summed E-state index contributed by atoms with van der Waals surface area (Å²) in [6.45, 7) is 4.14. The first-order chi connectivity index (χ1) is 11.6. The van der Waals surface area contributed by atoms with Crippen LogP contribution in [-0.4, -0.2) is 25.7 Å². The number of fused-ring (bicyclic) bond motifs is 1. The molecule has 1 aromatic carbocycles.